The lowest BCUT2D eigenvalue weighted by Crippen LogP contribution is -2.51. The summed E-state index contributed by atoms with van der Waals surface area (Å²) in [7, 11) is 0. The number of hydrogen-bond acceptors (Lipinski definition) is 4. The van der Waals surface area contributed by atoms with E-state index in [1.165, 1.54) is 11.8 Å². The summed E-state index contributed by atoms with van der Waals surface area (Å²) in [6.45, 7) is 4.57. The van der Waals surface area contributed by atoms with Crippen LogP contribution in [0.15, 0.2) is 0 Å². The van der Waals surface area contributed by atoms with Gasteiger partial charge in [-0.1, -0.05) is 0 Å². The average molecular weight is 218 g/mol. The average Bonchev–Trinajstić information content (AvgIpc) is 2.01. The zero-order chi connectivity index (χ0) is 12.2. The fraction of sp³-hybridized carbons (Fsp3) is 0.778. The highest BCUT2D eigenvalue weighted by Crippen LogP contribution is 2.09. The number of hydrogen-bond donors (Lipinski definition) is 3. The number of carbonyl (C=O) groups excluding carboxylic acids is 1. The Bertz CT molecular complexity index is 250. The van der Waals surface area contributed by atoms with Gasteiger partial charge in [0.05, 0.1) is 6.54 Å². The molecule has 88 valence electrons. The van der Waals surface area contributed by atoms with Gasteiger partial charge in [-0.15, -0.1) is 0 Å². The summed E-state index contributed by atoms with van der Waals surface area (Å²) in [5.41, 5.74) is 3.14. The third-order valence-corrected chi connectivity index (χ3v) is 2.06. The highest BCUT2D eigenvalue weighted by Gasteiger charge is 2.33. The first-order chi connectivity index (χ1) is 6.66. The Morgan fingerprint density at radius 1 is 1.47 bits per heavy atom. The monoisotopic (exact) mass is 218 g/mol. The van der Waals surface area contributed by atoms with Crippen LogP contribution in [-0.4, -0.2) is 51.7 Å². The van der Waals surface area contributed by atoms with Gasteiger partial charge in [0.15, 0.2) is 5.60 Å². The smallest absolute Gasteiger partial charge is 0.336 e. The molecule has 0 aromatic heterocycles. The molecule has 6 nitrogen and oxygen atoms in total. The molecule has 1 atom stereocenters. The number of carbonyl (C=O) groups is 2. The van der Waals surface area contributed by atoms with Gasteiger partial charge in [0.1, 0.15) is 0 Å². The van der Waals surface area contributed by atoms with E-state index in [1.807, 2.05) is 0 Å². The first-order valence-electron chi connectivity index (χ1n) is 4.65. The number of aliphatic carboxylic acids is 1. The van der Waals surface area contributed by atoms with Gasteiger partial charge >= 0.3 is 5.97 Å². The van der Waals surface area contributed by atoms with E-state index in [4.69, 9.17) is 10.8 Å². The summed E-state index contributed by atoms with van der Waals surface area (Å²) in [5.74, 6) is -1.87. The van der Waals surface area contributed by atoms with Crippen LogP contribution in [0.1, 0.15) is 20.8 Å². The first kappa shape index (κ1) is 13.9. The molecule has 0 spiro atoms. The molecule has 0 rings (SSSR count). The minimum atomic E-state index is -1.88. The minimum Gasteiger partial charge on any atom is -0.479 e. The molecule has 6 heteroatoms. The van der Waals surface area contributed by atoms with Crippen LogP contribution in [0.3, 0.4) is 0 Å². The van der Waals surface area contributed by atoms with Gasteiger partial charge in [-0.2, -0.15) is 0 Å². The molecule has 1 unspecified atom stereocenters. The molecule has 0 aromatic rings. The molecule has 0 heterocycles. The van der Waals surface area contributed by atoms with Crippen molar-refractivity contribution in [1.29, 1.82) is 0 Å². The highest BCUT2D eigenvalue weighted by atomic mass is 16.4. The van der Waals surface area contributed by atoms with Crippen LogP contribution in [0.4, 0.5) is 0 Å². The summed E-state index contributed by atoms with van der Waals surface area (Å²) >= 11 is 0. The van der Waals surface area contributed by atoms with Crippen molar-refractivity contribution in [2.24, 2.45) is 5.73 Å². The topological polar surface area (TPSA) is 104 Å². The van der Waals surface area contributed by atoms with Crippen molar-refractivity contribution in [3.05, 3.63) is 0 Å². The Kier molecular flexibility index (Phi) is 4.70. The van der Waals surface area contributed by atoms with E-state index < -0.39 is 17.5 Å². The molecule has 0 aliphatic carbocycles. The highest BCUT2D eigenvalue weighted by molar-refractivity contribution is 5.78. The summed E-state index contributed by atoms with van der Waals surface area (Å²) < 4.78 is 0. The summed E-state index contributed by atoms with van der Waals surface area (Å²) in [6.07, 6.45) is 0. The van der Waals surface area contributed by atoms with Crippen LogP contribution in [0.25, 0.3) is 0 Å². The van der Waals surface area contributed by atoms with E-state index in [2.05, 4.69) is 0 Å². The number of carboxylic acid groups (broad SMARTS) is 1. The summed E-state index contributed by atoms with van der Waals surface area (Å²) in [5, 5.41) is 18.2. The zero-order valence-electron chi connectivity index (χ0n) is 9.23. The number of aliphatic hydroxyl groups is 1. The lowest BCUT2D eigenvalue weighted by molar-refractivity contribution is -0.159. The maximum atomic E-state index is 10.7. The Hall–Kier alpha value is -1.14. The van der Waals surface area contributed by atoms with Crippen molar-refractivity contribution in [3.63, 3.8) is 0 Å². The molecule has 0 fully saturated rings. The number of rotatable bonds is 6. The second kappa shape index (κ2) is 5.09. The molecule has 0 bridgehead atoms. The molecule has 0 radical (unpaired) electrons. The van der Waals surface area contributed by atoms with E-state index in [9.17, 15) is 14.7 Å². The van der Waals surface area contributed by atoms with Crippen LogP contribution < -0.4 is 5.73 Å². The van der Waals surface area contributed by atoms with Crippen LogP contribution >= 0.6 is 0 Å². The second-order valence-electron chi connectivity index (χ2n) is 4.04. The number of nitrogens with zero attached hydrogens (tertiary/aromatic N) is 1. The molecule has 0 aliphatic heterocycles. The maximum absolute atomic E-state index is 10.7. The Morgan fingerprint density at radius 3 is 2.20 bits per heavy atom. The minimum absolute atomic E-state index is 0.0664. The SMILES string of the molecule is CC(C)N(CC(N)=O)CC(C)(O)C(=O)O. The third kappa shape index (κ3) is 4.75. The van der Waals surface area contributed by atoms with E-state index in [0.29, 0.717) is 0 Å². The van der Waals surface area contributed by atoms with Crippen LogP contribution in [-0.2, 0) is 9.59 Å². The van der Waals surface area contributed by atoms with Crippen molar-refractivity contribution in [1.82, 2.24) is 4.90 Å². The van der Waals surface area contributed by atoms with Crippen molar-refractivity contribution in [3.8, 4) is 0 Å². The van der Waals surface area contributed by atoms with Gasteiger partial charge in [0.25, 0.3) is 0 Å². The van der Waals surface area contributed by atoms with E-state index in [0.717, 1.165) is 0 Å². The third-order valence-electron chi connectivity index (χ3n) is 2.06. The molecular weight excluding hydrogens is 200 g/mol. The normalized spacial score (nSPS) is 15.3. The number of amides is 1. The molecule has 0 saturated carbocycles. The van der Waals surface area contributed by atoms with Crippen molar-refractivity contribution in [2.75, 3.05) is 13.1 Å². The van der Waals surface area contributed by atoms with Crippen molar-refractivity contribution >= 4 is 11.9 Å². The van der Waals surface area contributed by atoms with E-state index in [-0.39, 0.29) is 19.1 Å². The summed E-state index contributed by atoms with van der Waals surface area (Å²) in [6, 6.07) is -0.0664. The van der Waals surface area contributed by atoms with Crippen molar-refractivity contribution in [2.45, 2.75) is 32.4 Å². The van der Waals surface area contributed by atoms with Gasteiger partial charge in [-0.25, -0.2) is 4.79 Å². The lowest BCUT2D eigenvalue weighted by atomic mass is 10.1. The molecule has 1 amide bonds. The van der Waals surface area contributed by atoms with Gasteiger partial charge in [0, 0.05) is 12.6 Å². The lowest BCUT2D eigenvalue weighted by Gasteiger charge is -2.30. The van der Waals surface area contributed by atoms with Gasteiger partial charge in [-0.3, -0.25) is 9.69 Å². The van der Waals surface area contributed by atoms with Gasteiger partial charge < -0.3 is 15.9 Å². The van der Waals surface area contributed by atoms with E-state index >= 15 is 0 Å². The Labute approximate surface area is 88.7 Å². The largest absolute Gasteiger partial charge is 0.479 e. The molecule has 0 aliphatic rings. The fourth-order valence-electron chi connectivity index (χ4n) is 1.08. The molecule has 4 N–H and O–H groups in total. The van der Waals surface area contributed by atoms with Crippen LogP contribution in [0, 0.1) is 0 Å². The number of carboxylic acids is 1. The predicted molar refractivity (Wildman–Crippen MR) is 54.2 cm³/mol. The Morgan fingerprint density at radius 2 is 1.93 bits per heavy atom. The van der Waals surface area contributed by atoms with Crippen molar-refractivity contribution < 1.29 is 19.8 Å². The van der Waals surface area contributed by atoms with E-state index in [1.54, 1.807) is 13.8 Å². The van der Waals surface area contributed by atoms with Crippen LogP contribution in [0.2, 0.25) is 0 Å². The molecule has 0 saturated heterocycles. The fourth-order valence-corrected chi connectivity index (χ4v) is 1.08. The predicted octanol–water partition coefficient (Wildman–Crippen LogP) is -0.982. The Balaban J connectivity index is 4.54. The molecule has 15 heavy (non-hydrogen) atoms. The second-order valence-corrected chi connectivity index (χ2v) is 4.04. The number of nitrogens with two attached hydrogens (primary N) is 1. The standard InChI is InChI=1S/C9H18N2O4/c1-6(2)11(4-7(10)12)5-9(3,15)8(13)14/h6,15H,4-5H2,1-3H3,(H2,10,12)(H,13,14). The summed E-state index contributed by atoms with van der Waals surface area (Å²) in [4.78, 5) is 22.9. The van der Waals surface area contributed by atoms with Gasteiger partial charge in [-0.05, 0) is 20.8 Å². The molecule has 0 aromatic carbocycles. The quantitative estimate of drug-likeness (QED) is 0.531. The first-order valence-corrected chi connectivity index (χ1v) is 4.65. The zero-order valence-corrected chi connectivity index (χ0v) is 9.23. The van der Waals surface area contributed by atoms with Crippen LogP contribution in [0.5, 0.6) is 0 Å². The van der Waals surface area contributed by atoms with Gasteiger partial charge in [0.2, 0.25) is 5.91 Å². The maximum Gasteiger partial charge on any atom is 0.336 e. The number of primary amides is 1. The molecular formula is C9H18N2O4.